The van der Waals surface area contributed by atoms with Crippen LogP contribution in [0.4, 0.5) is 0 Å². The van der Waals surface area contributed by atoms with Crippen LogP contribution in [0.25, 0.3) is 0 Å². The topological polar surface area (TPSA) is 73.2 Å². The molecule has 0 aliphatic carbocycles. The van der Waals surface area contributed by atoms with Crippen molar-refractivity contribution >= 4 is 11.9 Å². The number of hydrogen-bond donors (Lipinski definition) is 1. The van der Waals surface area contributed by atoms with E-state index in [0.717, 1.165) is 0 Å². The van der Waals surface area contributed by atoms with Gasteiger partial charge >= 0.3 is 5.97 Å². The summed E-state index contributed by atoms with van der Waals surface area (Å²) in [4.78, 5) is 25.9. The molecule has 1 N–H and O–H groups in total. The van der Waals surface area contributed by atoms with Gasteiger partial charge in [-0.25, -0.2) is 4.98 Å². The van der Waals surface area contributed by atoms with Gasteiger partial charge in [-0.2, -0.15) is 0 Å². The highest BCUT2D eigenvalue weighted by Crippen LogP contribution is 1.94. The van der Waals surface area contributed by atoms with Gasteiger partial charge in [0.2, 0.25) is 0 Å². The lowest BCUT2D eigenvalue weighted by Gasteiger charge is -2.03. The Morgan fingerprint density at radius 1 is 1.64 bits per heavy atom. The summed E-state index contributed by atoms with van der Waals surface area (Å²) in [5, 5.41) is 2.40. The molecule has 0 fully saturated rings. The largest absolute Gasteiger partial charge is 0.468 e. The number of carbonyl (C=O) groups excluding carboxylic acids is 2. The fraction of sp³-hybridized carbons (Fsp3) is 0.375. The van der Waals surface area contributed by atoms with Crippen molar-refractivity contribution in [2.75, 3.05) is 13.7 Å². The van der Waals surface area contributed by atoms with Gasteiger partial charge in [0.05, 0.1) is 19.6 Å². The standard InChI is InChI=1S/C8H11N3O3/c1-11-5-9-3-6(11)8(13)10-4-7(12)14-2/h3,5H,4H2,1-2H3,(H,10,13). The Balaban J connectivity index is 2.52. The Labute approximate surface area is 80.9 Å². The smallest absolute Gasteiger partial charge is 0.325 e. The number of aromatic nitrogens is 2. The molecule has 14 heavy (non-hydrogen) atoms. The summed E-state index contributed by atoms with van der Waals surface area (Å²) in [5.41, 5.74) is 0.397. The second-order valence-electron chi connectivity index (χ2n) is 2.65. The zero-order valence-corrected chi connectivity index (χ0v) is 7.98. The van der Waals surface area contributed by atoms with E-state index in [1.165, 1.54) is 19.6 Å². The molecule has 0 aromatic carbocycles. The second-order valence-corrected chi connectivity index (χ2v) is 2.65. The van der Waals surface area contributed by atoms with Crippen LogP contribution in [-0.2, 0) is 16.6 Å². The summed E-state index contributed by atoms with van der Waals surface area (Å²) in [6.07, 6.45) is 2.93. The fourth-order valence-corrected chi connectivity index (χ4v) is 0.891. The minimum absolute atomic E-state index is 0.138. The first-order valence-electron chi connectivity index (χ1n) is 3.96. The van der Waals surface area contributed by atoms with Crippen LogP contribution in [0.15, 0.2) is 12.5 Å². The summed E-state index contributed by atoms with van der Waals surface area (Å²) < 4.78 is 5.93. The quantitative estimate of drug-likeness (QED) is 0.652. The highest BCUT2D eigenvalue weighted by molar-refractivity contribution is 5.94. The van der Waals surface area contributed by atoms with Gasteiger partial charge in [-0.1, -0.05) is 0 Å². The number of aryl methyl sites for hydroxylation is 1. The van der Waals surface area contributed by atoms with E-state index < -0.39 is 5.97 Å². The Kier molecular flexibility index (Phi) is 3.22. The van der Waals surface area contributed by atoms with Crippen LogP contribution in [0, 0.1) is 0 Å². The predicted molar refractivity (Wildman–Crippen MR) is 47.6 cm³/mol. The third-order valence-corrected chi connectivity index (χ3v) is 1.67. The predicted octanol–water partition coefficient (Wildman–Crippen LogP) is -0.677. The minimum atomic E-state index is -0.486. The summed E-state index contributed by atoms with van der Waals surface area (Å²) in [5.74, 6) is -0.837. The van der Waals surface area contributed by atoms with E-state index in [9.17, 15) is 9.59 Å². The van der Waals surface area contributed by atoms with Gasteiger partial charge in [0, 0.05) is 7.05 Å². The van der Waals surface area contributed by atoms with E-state index in [-0.39, 0.29) is 12.5 Å². The average Bonchev–Trinajstić information content (AvgIpc) is 2.60. The Hall–Kier alpha value is -1.85. The Morgan fingerprint density at radius 2 is 2.36 bits per heavy atom. The van der Waals surface area contributed by atoms with E-state index in [1.54, 1.807) is 11.6 Å². The van der Waals surface area contributed by atoms with Crippen LogP contribution in [0.1, 0.15) is 10.5 Å². The van der Waals surface area contributed by atoms with E-state index >= 15 is 0 Å². The van der Waals surface area contributed by atoms with Gasteiger partial charge in [0.25, 0.3) is 5.91 Å². The van der Waals surface area contributed by atoms with E-state index in [0.29, 0.717) is 5.69 Å². The number of imidazole rings is 1. The van der Waals surface area contributed by atoms with E-state index in [1.807, 2.05) is 0 Å². The van der Waals surface area contributed by atoms with Crippen LogP contribution >= 0.6 is 0 Å². The number of nitrogens with one attached hydrogen (secondary N) is 1. The van der Waals surface area contributed by atoms with E-state index in [4.69, 9.17) is 0 Å². The molecular weight excluding hydrogens is 186 g/mol. The first-order chi connectivity index (χ1) is 6.65. The first kappa shape index (κ1) is 10.2. The zero-order chi connectivity index (χ0) is 10.6. The number of nitrogens with zero attached hydrogens (tertiary/aromatic N) is 2. The second kappa shape index (κ2) is 4.40. The highest BCUT2D eigenvalue weighted by Gasteiger charge is 2.10. The van der Waals surface area contributed by atoms with Crippen molar-refractivity contribution in [3.63, 3.8) is 0 Å². The lowest BCUT2D eigenvalue weighted by Crippen LogP contribution is -2.31. The highest BCUT2D eigenvalue weighted by atomic mass is 16.5. The normalized spacial score (nSPS) is 9.57. The van der Waals surface area contributed by atoms with Gasteiger partial charge < -0.3 is 14.6 Å². The molecule has 6 nitrogen and oxygen atoms in total. The molecule has 0 saturated carbocycles. The molecule has 1 amide bonds. The van der Waals surface area contributed by atoms with Crippen molar-refractivity contribution in [2.45, 2.75) is 0 Å². The maximum atomic E-state index is 11.4. The first-order valence-corrected chi connectivity index (χ1v) is 3.96. The van der Waals surface area contributed by atoms with Gasteiger partial charge in [-0.05, 0) is 0 Å². The third-order valence-electron chi connectivity index (χ3n) is 1.67. The van der Waals surface area contributed by atoms with Gasteiger partial charge in [0.15, 0.2) is 0 Å². The molecule has 0 spiro atoms. The number of hydrogen-bond acceptors (Lipinski definition) is 4. The molecule has 0 unspecified atom stereocenters. The fourth-order valence-electron chi connectivity index (χ4n) is 0.891. The molecule has 1 aromatic rings. The summed E-state index contributed by atoms with van der Waals surface area (Å²) in [6.45, 7) is -0.138. The van der Waals surface area contributed by atoms with E-state index in [2.05, 4.69) is 15.0 Å². The molecule has 0 saturated heterocycles. The van der Waals surface area contributed by atoms with Gasteiger partial charge in [-0.15, -0.1) is 0 Å². The van der Waals surface area contributed by atoms with Crippen LogP contribution in [-0.4, -0.2) is 35.1 Å². The zero-order valence-electron chi connectivity index (χ0n) is 7.98. The van der Waals surface area contributed by atoms with Crippen molar-refractivity contribution in [2.24, 2.45) is 7.05 Å². The van der Waals surface area contributed by atoms with Gasteiger partial charge in [-0.3, -0.25) is 9.59 Å². The molecule has 0 radical (unpaired) electrons. The summed E-state index contributed by atoms with van der Waals surface area (Å²) in [6, 6.07) is 0. The average molecular weight is 197 g/mol. The monoisotopic (exact) mass is 197 g/mol. The molecule has 0 aliphatic heterocycles. The maximum absolute atomic E-state index is 11.4. The number of amides is 1. The number of ether oxygens (including phenoxy) is 1. The van der Waals surface area contributed by atoms with Crippen molar-refractivity contribution in [3.8, 4) is 0 Å². The van der Waals surface area contributed by atoms with Crippen molar-refractivity contribution in [1.82, 2.24) is 14.9 Å². The Bertz CT molecular complexity index is 345. The number of rotatable bonds is 3. The van der Waals surface area contributed by atoms with Crippen LogP contribution < -0.4 is 5.32 Å². The SMILES string of the molecule is COC(=O)CNC(=O)c1cncn1C. The molecular formula is C8H11N3O3. The number of esters is 1. The summed E-state index contributed by atoms with van der Waals surface area (Å²) in [7, 11) is 2.96. The van der Waals surface area contributed by atoms with Crippen LogP contribution in [0.5, 0.6) is 0 Å². The Morgan fingerprint density at radius 3 is 2.86 bits per heavy atom. The maximum Gasteiger partial charge on any atom is 0.325 e. The minimum Gasteiger partial charge on any atom is -0.468 e. The van der Waals surface area contributed by atoms with Gasteiger partial charge in [0.1, 0.15) is 12.2 Å². The van der Waals surface area contributed by atoms with Crippen molar-refractivity contribution < 1.29 is 14.3 Å². The molecule has 6 heteroatoms. The number of carbonyl (C=O) groups is 2. The molecule has 0 aliphatic rings. The molecule has 1 rings (SSSR count). The third kappa shape index (κ3) is 2.32. The molecule has 0 atom stereocenters. The molecule has 1 aromatic heterocycles. The lowest BCUT2D eigenvalue weighted by atomic mass is 10.4. The molecule has 0 bridgehead atoms. The number of methoxy groups -OCH3 is 1. The summed E-state index contributed by atoms with van der Waals surface area (Å²) >= 11 is 0. The van der Waals surface area contributed by atoms with Crippen LogP contribution in [0.3, 0.4) is 0 Å². The lowest BCUT2D eigenvalue weighted by molar-refractivity contribution is -0.139. The van der Waals surface area contributed by atoms with Crippen molar-refractivity contribution in [1.29, 1.82) is 0 Å². The molecule has 1 heterocycles. The van der Waals surface area contributed by atoms with Crippen LogP contribution in [0.2, 0.25) is 0 Å². The van der Waals surface area contributed by atoms with Crippen molar-refractivity contribution in [3.05, 3.63) is 18.2 Å². The molecule has 76 valence electrons.